The Kier molecular flexibility index (Phi) is 7.17. The number of pyridine rings is 1. The summed E-state index contributed by atoms with van der Waals surface area (Å²) in [5.74, 6) is -0.883. The zero-order valence-corrected chi connectivity index (χ0v) is 16.6. The van der Waals surface area contributed by atoms with E-state index in [2.05, 4.69) is 5.32 Å². The predicted octanol–water partition coefficient (Wildman–Crippen LogP) is 2.79. The maximum Gasteiger partial charge on any atom is 0.255 e. The van der Waals surface area contributed by atoms with Gasteiger partial charge in [0, 0.05) is 22.9 Å². The molecular weight excluding hydrogens is 422 g/mol. The van der Waals surface area contributed by atoms with Crippen molar-refractivity contribution >= 4 is 40.3 Å². The minimum atomic E-state index is -0.546. The van der Waals surface area contributed by atoms with Crippen molar-refractivity contribution in [1.29, 1.82) is 0 Å². The molecule has 0 bridgehead atoms. The first-order valence-corrected chi connectivity index (χ1v) is 8.31. The summed E-state index contributed by atoms with van der Waals surface area (Å²) in [7, 11) is 0. The highest BCUT2D eigenvalue weighted by molar-refractivity contribution is 8.93. The molecule has 1 aromatic heterocycles. The summed E-state index contributed by atoms with van der Waals surface area (Å²) in [5.41, 5.74) is 7.25. The minimum Gasteiger partial charge on any atom is -0.365 e. The fraction of sp³-hybridized carbons (Fsp3) is 0.0476. The van der Waals surface area contributed by atoms with Gasteiger partial charge in [-0.25, -0.2) is 0 Å². The lowest BCUT2D eigenvalue weighted by Crippen LogP contribution is -2.38. The number of ketones is 1. The quantitative estimate of drug-likeness (QED) is 0.455. The van der Waals surface area contributed by atoms with Gasteiger partial charge in [0.2, 0.25) is 12.3 Å². The topological polar surface area (TPSA) is 93.1 Å². The second-order valence-corrected chi connectivity index (χ2v) is 5.95. The summed E-state index contributed by atoms with van der Waals surface area (Å²) in [6, 6.07) is 18.8. The largest absolute Gasteiger partial charge is 0.365 e. The zero-order chi connectivity index (χ0) is 19.2. The lowest BCUT2D eigenvalue weighted by atomic mass is 10.1. The van der Waals surface area contributed by atoms with Crippen LogP contribution in [0.2, 0.25) is 0 Å². The molecule has 0 fully saturated rings. The molecule has 3 aromatic rings. The van der Waals surface area contributed by atoms with Crippen LogP contribution in [0.5, 0.6) is 0 Å². The second kappa shape index (κ2) is 9.57. The van der Waals surface area contributed by atoms with Gasteiger partial charge < -0.3 is 11.1 Å². The number of nitrogens with zero attached hydrogens (tertiary/aromatic N) is 1. The first-order chi connectivity index (χ1) is 13.0. The number of nitrogens with one attached hydrogen (secondary N) is 1. The molecular formula is C21H19BrN3O3+. The Morgan fingerprint density at radius 1 is 0.821 bits per heavy atom. The van der Waals surface area contributed by atoms with E-state index in [4.69, 9.17) is 5.73 Å². The van der Waals surface area contributed by atoms with Crippen LogP contribution in [0.4, 0.5) is 5.69 Å². The van der Waals surface area contributed by atoms with Crippen molar-refractivity contribution in [3.8, 4) is 0 Å². The van der Waals surface area contributed by atoms with E-state index in [0.717, 1.165) is 0 Å². The fourth-order valence-corrected chi connectivity index (χ4v) is 2.56. The number of hydrogen-bond acceptors (Lipinski definition) is 3. The molecule has 1 heterocycles. The number of carbonyl (C=O) groups excluding carboxylic acids is 3. The highest BCUT2D eigenvalue weighted by Gasteiger charge is 2.14. The van der Waals surface area contributed by atoms with Gasteiger partial charge in [-0.15, -0.1) is 17.0 Å². The Morgan fingerprint density at radius 3 is 2.11 bits per heavy atom. The van der Waals surface area contributed by atoms with Gasteiger partial charge in [-0.3, -0.25) is 14.4 Å². The summed E-state index contributed by atoms with van der Waals surface area (Å²) < 4.78 is 1.60. The van der Waals surface area contributed by atoms with Crippen molar-refractivity contribution in [2.75, 3.05) is 5.32 Å². The van der Waals surface area contributed by atoms with Crippen molar-refractivity contribution in [2.45, 2.75) is 6.54 Å². The summed E-state index contributed by atoms with van der Waals surface area (Å²) in [6.07, 6.45) is 3.23. The Hall–Kier alpha value is -3.32. The first kappa shape index (κ1) is 21.0. The SMILES string of the molecule is Br.NC(=O)c1ccc[n+](CC(=O)c2ccc(NC(=O)c3ccccc3)cc2)c1. The normalized spacial score (nSPS) is 9.86. The average molecular weight is 441 g/mol. The van der Waals surface area contributed by atoms with Gasteiger partial charge in [-0.2, -0.15) is 4.57 Å². The third-order valence-electron chi connectivity index (χ3n) is 3.97. The molecule has 0 aliphatic heterocycles. The summed E-state index contributed by atoms with van der Waals surface area (Å²) in [4.78, 5) is 35.8. The van der Waals surface area contributed by atoms with Gasteiger partial charge in [-0.1, -0.05) is 18.2 Å². The van der Waals surface area contributed by atoms with E-state index in [1.807, 2.05) is 6.07 Å². The molecule has 0 aliphatic rings. The predicted molar refractivity (Wildman–Crippen MR) is 111 cm³/mol. The van der Waals surface area contributed by atoms with Gasteiger partial charge in [0.15, 0.2) is 12.4 Å². The molecule has 142 valence electrons. The lowest BCUT2D eigenvalue weighted by molar-refractivity contribution is -0.683. The molecule has 0 spiro atoms. The third-order valence-corrected chi connectivity index (χ3v) is 3.97. The maximum absolute atomic E-state index is 12.4. The van der Waals surface area contributed by atoms with Crippen LogP contribution in [0.25, 0.3) is 0 Å². The molecule has 2 amide bonds. The van der Waals surface area contributed by atoms with E-state index < -0.39 is 5.91 Å². The highest BCUT2D eigenvalue weighted by atomic mass is 79.9. The van der Waals surface area contributed by atoms with Crippen LogP contribution in [0.3, 0.4) is 0 Å². The molecule has 6 nitrogen and oxygen atoms in total. The maximum atomic E-state index is 12.4. The third kappa shape index (κ3) is 5.34. The van der Waals surface area contributed by atoms with E-state index in [9.17, 15) is 14.4 Å². The molecule has 0 saturated heterocycles. The smallest absolute Gasteiger partial charge is 0.255 e. The van der Waals surface area contributed by atoms with Crippen LogP contribution >= 0.6 is 17.0 Å². The zero-order valence-electron chi connectivity index (χ0n) is 14.9. The van der Waals surface area contributed by atoms with E-state index >= 15 is 0 Å². The first-order valence-electron chi connectivity index (χ1n) is 8.31. The summed E-state index contributed by atoms with van der Waals surface area (Å²) >= 11 is 0. The Balaban J connectivity index is 0.00000280. The molecule has 0 saturated carbocycles. The van der Waals surface area contributed by atoms with Crippen LogP contribution in [0.1, 0.15) is 31.1 Å². The standard InChI is InChI=1S/C21H17N3O3.BrH/c22-20(26)17-7-4-12-24(13-17)14-19(25)15-8-10-18(11-9-15)23-21(27)16-5-2-1-3-6-16;/h1-13H,14H2,(H2-,22,23,25,26,27);1H/p+1. The number of halogens is 1. The monoisotopic (exact) mass is 440 g/mol. The number of primary amides is 1. The Labute approximate surface area is 172 Å². The Morgan fingerprint density at radius 2 is 1.46 bits per heavy atom. The van der Waals surface area contributed by atoms with E-state index in [1.165, 1.54) is 6.20 Å². The summed E-state index contributed by atoms with van der Waals surface area (Å²) in [5, 5.41) is 2.79. The second-order valence-electron chi connectivity index (χ2n) is 5.95. The van der Waals surface area contributed by atoms with Crippen molar-refractivity contribution in [1.82, 2.24) is 0 Å². The average Bonchev–Trinajstić information content (AvgIpc) is 2.69. The number of Topliss-reactive ketones (excluding diaryl/α,β-unsaturated/α-hetero) is 1. The lowest BCUT2D eigenvalue weighted by Gasteiger charge is -2.06. The van der Waals surface area contributed by atoms with Gasteiger partial charge in [0.25, 0.3) is 11.8 Å². The molecule has 7 heteroatoms. The van der Waals surface area contributed by atoms with Crippen LogP contribution in [-0.2, 0) is 6.54 Å². The number of amides is 2. The van der Waals surface area contributed by atoms with Gasteiger partial charge in [-0.05, 0) is 42.5 Å². The number of rotatable bonds is 6. The molecule has 3 rings (SSSR count). The van der Waals surface area contributed by atoms with Crippen molar-refractivity contribution in [3.63, 3.8) is 0 Å². The molecule has 3 N–H and O–H groups in total. The molecule has 28 heavy (non-hydrogen) atoms. The van der Waals surface area contributed by atoms with Crippen molar-refractivity contribution < 1.29 is 19.0 Å². The fourth-order valence-electron chi connectivity index (χ4n) is 2.56. The number of carbonyl (C=O) groups is 3. The molecule has 0 unspecified atom stereocenters. The minimum absolute atomic E-state index is 0. The van der Waals surface area contributed by atoms with Gasteiger partial charge >= 0.3 is 0 Å². The van der Waals surface area contributed by atoms with E-state index in [1.54, 1.807) is 71.4 Å². The van der Waals surface area contributed by atoms with Crippen LogP contribution in [0.15, 0.2) is 79.1 Å². The molecule has 0 atom stereocenters. The number of hydrogen-bond donors (Lipinski definition) is 2. The van der Waals surface area contributed by atoms with Crippen LogP contribution in [0, 0.1) is 0 Å². The molecule has 0 radical (unpaired) electrons. The van der Waals surface area contributed by atoms with Crippen LogP contribution in [-0.4, -0.2) is 17.6 Å². The summed E-state index contributed by atoms with van der Waals surface area (Å²) in [6.45, 7) is 0.0802. The molecule has 0 aliphatic carbocycles. The van der Waals surface area contributed by atoms with E-state index in [-0.39, 0.29) is 35.2 Å². The van der Waals surface area contributed by atoms with Crippen molar-refractivity contribution in [3.05, 3.63) is 95.8 Å². The highest BCUT2D eigenvalue weighted by Crippen LogP contribution is 2.12. The number of nitrogens with two attached hydrogens (primary N) is 1. The number of anilines is 1. The number of aromatic nitrogens is 1. The van der Waals surface area contributed by atoms with Crippen molar-refractivity contribution in [2.24, 2.45) is 5.73 Å². The number of benzene rings is 2. The Bertz CT molecular complexity index is 989. The molecule has 2 aromatic carbocycles. The van der Waals surface area contributed by atoms with E-state index in [0.29, 0.717) is 22.4 Å². The van der Waals surface area contributed by atoms with Crippen LogP contribution < -0.4 is 15.6 Å². The van der Waals surface area contributed by atoms with Gasteiger partial charge in [0.05, 0.1) is 0 Å². The van der Waals surface area contributed by atoms with Gasteiger partial charge in [0.1, 0.15) is 5.56 Å².